The fraction of sp³-hybridized carbons (Fsp3) is 0.350. The van der Waals surface area contributed by atoms with Crippen molar-refractivity contribution >= 4 is 64.1 Å². The minimum atomic E-state index is -1.15. The molecule has 4 rings (SSSR count). The molecule has 1 fully saturated rings. The molecule has 1 aromatic carbocycles. The molecular formula is C20H22N6O4S3. The number of urea groups is 1. The molecule has 1 unspecified atom stereocenters. The summed E-state index contributed by atoms with van der Waals surface area (Å²) in [6.07, 6.45) is 0. The second-order valence-electron chi connectivity index (χ2n) is 7.56. The molecule has 2 aromatic rings. The minimum absolute atomic E-state index is 0.00443. The van der Waals surface area contributed by atoms with Crippen LogP contribution in [0.1, 0.15) is 5.01 Å². The Morgan fingerprint density at radius 1 is 1.27 bits per heavy atom. The fourth-order valence-electron chi connectivity index (χ4n) is 3.43. The first-order valence-electron chi connectivity index (χ1n) is 9.92. The number of aryl methyl sites for hydroxylation is 1. The first-order chi connectivity index (χ1) is 15.7. The summed E-state index contributed by atoms with van der Waals surface area (Å²) in [6, 6.07) is 5.98. The highest BCUT2D eigenvalue weighted by atomic mass is 32.2. The molecule has 0 radical (unpaired) electrons. The van der Waals surface area contributed by atoms with Crippen LogP contribution in [0.4, 0.5) is 16.2 Å². The van der Waals surface area contributed by atoms with Crippen LogP contribution in [0.5, 0.6) is 0 Å². The molecule has 2 aliphatic rings. The van der Waals surface area contributed by atoms with Gasteiger partial charge in [0.2, 0.25) is 0 Å². The van der Waals surface area contributed by atoms with Gasteiger partial charge in [0.1, 0.15) is 22.1 Å². The zero-order chi connectivity index (χ0) is 23.7. The lowest BCUT2D eigenvalue weighted by Gasteiger charge is -2.49. The van der Waals surface area contributed by atoms with Gasteiger partial charge in [0.15, 0.2) is 4.34 Å². The molecule has 1 saturated heterocycles. The van der Waals surface area contributed by atoms with Gasteiger partial charge in [-0.05, 0) is 36.8 Å². The lowest BCUT2D eigenvalue weighted by Crippen LogP contribution is -2.71. The smallest absolute Gasteiger partial charge is 0.352 e. The molecular weight excluding hydrogens is 484 g/mol. The monoisotopic (exact) mass is 506 g/mol. The van der Waals surface area contributed by atoms with E-state index in [9.17, 15) is 19.5 Å². The maximum Gasteiger partial charge on any atom is 0.352 e. The zero-order valence-corrected chi connectivity index (χ0v) is 20.5. The van der Waals surface area contributed by atoms with Crippen molar-refractivity contribution in [3.63, 3.8) is 0 Å². The number of benzene rings is 1. The SMILES string of the molecule is Cc1nnc(SCC2=C(C(=O)O)N3C(=O)C(NC(=O)Nc4ccc(N(C)C)cc4)[C@@H]3SC2)s1. The highest BCUT2D eigenvalue weighted by molar-refractivity contribution is 8.01. The van der Waals surface area contributed by atoms with Gasteiger partial charge in [-0.3, -0.25) is 9.69 Å². The van der Waals surface area contributed by atoms with Crippen LogP contribution in [0.2, 0.25) is 0 Å². The zero-order valence-electron chi connectivity index (χ0n) is 18.1. The molecule has 10 nitrogen and oxygen atoms in total. The number of carbonyl (C=O) groups excluding carboxylic acids is 2. The van der Waals surface area contributed by atoms with E-state index in [4.69, 9.17) is 0 Å². The largest absolute Gasteiger partial charge is 0.477 e. The number of aromatic nitrogens is 2. The quantitative estimate of drug-likeness (QED) is 0.383. The Labute approximate surface area is 202 Å². The van der Waals surface area contributed by atoms with E-state index in [1.54, 1.807) is 12.1 Å². The molecule has 2 atom stereocenters. The highest BCUT2D eigenvalue weighted by Crippen LogP contribution is 2.41. The Hall–Kier alpha value is -2.77. The third-order valence-electron chi connectivity index (χ3n) is 5.06. The van der Waals surface area contributed by atoms with E-state index in [-0.39, 0.29) is 5.70 Å². The lowest BCUT2D eigenvalue weighted by molar-refractivity contribution is -0.148. The number of nitrogens with one attached hydrogen (secondary N) is 2. The summed E-state index contributed by atoms with van der Waals surface area (Å²) in [4.78, 5) is 40.4. The summed E-state index contributed by atoms with van der Waals surface area (Å²) in [5.41, 5.74) is 2.23. The van der Waals surface area contributed by atoms with Gasteiger partial charge in [0.05, 0.1) is 0 Å². The van der Waals surface area contributed by atoms with Crippen LogP contribution in [-0.4, -0.2) is 75.1 Å². The van der Waals surface area contributed by atoms with Gasteiger partial charge in [0.25, 0.3) is 5.91 Å². The van der Waals surface area contributed by atoms with Gasteiger partial charge in [-0.15, -0.1) is 22.0 Å². The number of rotatable bonds is 7. The normalized spacial score (nSPS) is 19.6. The summed E-state index contributed by atoms with van der Waals surface area (Å²) in [7, 11) is 3.85. The number of amides is 3. The van der Waals surface area contributed by atoms with E-state index in [0.29, 0.717) is 22.8 Å². The van der Waals surface area contributed by atoms with Crippen LogP contribution in [0, 0.1) is 6.92 Å². The van der Waals surface area contributed by atoms with Crippen LogP contribution in [0.15, 0.2) is 39.9 Å². The average Bonchev–Trinajstić information content (AvgIpc) is 3.20. The number of hydrogen-bond donors (Lipinski definition) is 3. The fourth-order valence-corrected chi connectivity index (χ4v) is 6.73. The van der Waals surface area contributed by atoms with Gasteiger partial charge < -0.3 is 20.6 Å². The molecule has 0 aliphatic carbocycles. The van der Waals surface area contributed by atoms with Crippen LogP contribution in [0.25, 0.3) is 0 Å². The number of anilines is 2. The van der Waals surface area contributed by atoms with Crippen molar-refractivity contribution in [3.8, 4) is 0 Å². The maximum absolute atomic E-state index is 12.8. The topological polar surface area (TPSA) is 128 Å². The van der Waals surface area contributed by atoms with Crippen molar-refractivity contribution < 1.29 is 19.5 Å². The van der Waals surface area contributed by atoms with Crippen LogP contribution >= 0.6 is 34.9 Å². The predicted molar refractivity (Wildman–Crippen MR) is 130 cm³/mol. The van der Waals surface area contributed by atoms with E-state index in [1.165, 1.54) is 39.8 Å². The highest BCUT2D eigenvalue weighted by Gasteiger charge is 2.54. The van der Waals surface area contributed by atoms with Crippen molar-refractivity contribution in [1.82, 2.24) is 20.4 Å². The van der Waals surface area contributed by atoms with Crippen molar-refractivity contribution in [2.75, 3.05) is 35.8 Å². The van der Waals surface area contributed by atoms with E-state index < -0.39 is 29.3 Å². The van der Waals surface area contributed by atoms with Crippen molar-refractivity contribution in [2.45, 2.75) is 22.7 Å². The Bertz CT molecular complexity index is 1120. The molecule has 33 heavy (non-hydrogen) atoms. The molecule has 0 spiro atoms. The molecule has 0 saturated carbocycles. The van der Waals surface area contributed by atoms with Crippen LogP contribution in [0.3, 0.4) is 0 Å². The predicted octanol–water partition coefficient (Wildman–Crippen LogP) is 2.45. The number of carbonyl (C=O) groups is 3. The maximum atomic E-state index is 12.8. The van der Waals surface area contributed by atoms with Gasteiger partial charge in [0, 0.05) is 37.0 Å². The molecule has 174 valence electrons. The van der Waals surface area contributed by atoms with E-state index in [1.807, 2.05) is 38.1 Å². The Balaban J connectivity index is 1.40. The summed E-state index contributed by atoms with van der Waals surface area (Å²) in [5, 5.41) is 23.5. The number of hydrogen-bond acceptors (Lipinski definition) is 9. The molecule has 3 amide bonds. The second kappa shape index (κ2) is 9.61. The summed E-state index contributed by atoms with van der Waals surface area (Å²) in [6.45, 7) is 1.85. The molecule has 3 N–H and O–H groups in total. The van der Waals surface area contributed by atoms with Gasteiger partial charge in [-0.2, -0.15) is 0 Å². The van der Waals surface area contributed by atoms with Crippen molar-refractivity contribution in [3.05, 3.63) is 40.5 Å². The third kappa shape index (κ3) is 4.94. The first-order valence-corrected chi connectivity index (χ1v) is 12.8. The molecule has 0 bridgehead atoms. The first kappa shape index (κ1) is 23.4. The summed E-state index contributed by atoms with van der Waals surface area (Å²) >= 11 is 4.28. The van der Waals surface area contributed by atoms with E-state index in [2.05, 4.69) is 20.8 Å². The van der Waals surface area contributed by atoms with Gasteiger partial charge >= 0.3 is 12.0 Å². The Morgan fingerprint density at radius 2 is 2.00 bits per heavy atom. The number of β-lactam (4-membered cyclic amide) rings is 1. The van der Waals surface area contributed by atoms with Crippen molar-refractivity contribution in [1.29, 1.82) is 0 Å². The number of fused-ring (bicyclic) bond motifs is 1. The van der Waals surface area contributed by atoms with Crippen LogP contribution in [-0.2, 0) is 9.59 Å². The number of carboxylic acids is 1. The van der Waals surface area contributed by atoms with Gasteiger partial charge in [-0.1, -0.05) is 23.1 Å². The van der Waals surface area contributed by atoms with Crippen LogP contribution < -0.4 is 15.5 Å². The van der Waals surface area contributed by atoms with Gasteiger partial charge in [-0.25, -0.2) is 9.59 Å². The number of nitrogens with zero attached hydrogens (tertiary/aromatic N) is 4. The Morgan fingerprint density at radius 3 is 2.61 bits per heavy atom. The summed E-state index contributed by atoms with van der Waals surface area (Å²) in [5.74, 6) is -0.730. The molecule has 2 aliphatic heterocycles. The second-order valence-corrected chi connectivity index (χ2v) is 11.1. The minimum Gasteiger partial charge on any atom is -0.477 e. The molecule has 3 heterocycles. The standard InChI is InChI=1S/C20H22N6O4S3/c1-10-23-24-20(33-10)32-9-11-8-31-17-14(16(27)26(17)15(11)18(28)29)22-19(30)21-12-4-6-13(7-5-12)25(2)3/h4-7,14,17H,8-9H2,1-3H3,(H,28,29)(H2,21,22,30)/t14?,17-/m0/s1. The van der Waals surface area contributed by atoms with E-state index in [0.717, 1.165) is 15.0 Å². The number of carboxylic acid groups (broad SMARTS) is 1. The third-order valence-corrected chi connectivity index (χ3v) is 8.45. The average molecular weight is 507 g/mol. The van der Waals surface area contributed by atoms with E-state index >= 15 is 0 Å². The summed E-state index contributed by atoms with van der Waals surface area (Å²) < 4.78 is 0.752. The lowest BCUT2D eigenvalue weighted by atomic mass is 10.0. The number of thioether (sulfide) groups is 2. The number of aliphatic carboxylic acids is 1. The molecule has 1 aromatic heterocycles. The Kier molecular flexibility index (Phi) is 6.81. The van der Waals surface area contributed by atoms with Crippen molar-refractivity contribution in [2.24, 2.45) is 0 Å². The molecule has 13 heteroatoms.